The van der Waals surface area contributed by atoms with Crippen LogP contribution in [0, 0.1) is 18.8 Å². The van der Waals surface area contributed by atoms with Crippen molar-refractivity contribution in [1.82, 2.24) is 5.32 Å². The fourth-order valence-corrected chi connectivity index (χ4v) is 1.40. The maximum absolute atomic E-state index is 6.98. The molecule has 1 aromatic rings. The van der Waals surface area contributed by atoms with Crippen LogP contribution in [0.2, 0.25) is 0 Å². The molecular formula is C12H18N3. The highest BCUT2D eigenvalue weighted by molar-refractivity contribution is 5.74. The predicted molar refractivity (Wildman–Crippen MR) is 63.7 cm³/mol. The van der Waals surface area contributed by atoms with Gasteiger partial charge in [-0.3, -0.25) is 5.41 Å². The van der Waals surface area contributed by atoms with Gasteiger partial charge in [-0.1, -0.05) is 24.3 Å². The van der Waals surface area contributed by atoms with E-state index in [9.17, 15) is 0 Å². The summed E-state index contributed by atoms with van der Waals surface area (Å²) in [7, 11) is 0. The first-order chi connectivity index (χ1) is 7.20. The third-order valence-electron chi connectivity index (χ3n) is 2.25. The van der Waals surface area contributed by atoms with E-state index >= 15 is 0 Å². The van der Waals surface area contributed by atoms with Gasteiger partial charge < -0.3 is 11.1 Å². The molecule has 0 spiro atoms. The van der Waals surface area contributed by atoms with Gasteiger partial charge >= 0.3 is 0 Å². The average molecular weight is 204 g/mol. The van der Waals surface area contributed by atoms with Crippen LogP contribution in [-0.2, 0) is 0 Å². The number of nitrogens with two attached hydrogens (primary N) is 1. The molecule has 1 rings (SSSR count). The van der Waals surface area contributed by atoms with Crippen LogP contribution in [0.3, 0.4) is 0 Å². The number of rotatable bonds is 5. The molecule has 0 atom stereocenters. The van der Waals surface area contributed by atoms with E-state index in [0.717, 1.165) is 19.4 Å². The van der Waals surface area contributed by atoms with Gasteiger partial charge in [-0.25, -0.2) is 0 Å². The molecule has 81 valence electrons. The summed E-state index contributed by atoms with van der Waals surface area (Å²) in [5.41, 5.74) is 7.77. The van der Waals surface area contributed by atoms with E-state index in [0.29, 0.717) is 0 Å². The maximum atomic E-state index is 6.98. The minimum absolute atomic E-state index is 0.0471. The molecule has 0 saturated heterocycles. The van der Waals surface area contributed by atoms with E-state index in [4.69, 9.17) is 11.1 Å². The molecule has 0 saturated carbocycles. The molecule has 0 heterocycles. The zero-order valence-corrected chi connectivity index (χ0v) is 9.09. The first-order valence-electron chi connectivity index (χ1n) is 5.17. The quantitative estimate of drug-likeness (QED) is 0.389. The Labute approximate surface area is 91.2 Å². The normalized spacial score (nSPS) is 9.93. The lowest BCUT2D eigenvalue weighted by molar-refractivity contribution is 0.763. The molecule has 4 N–H and O–H groups in total. The van der Waals surface area contributed by atoms with E-state index in [-0.39, 0.29) is 5.96 Å². The molecule has 0 aliphatic rings. The minimum Gasteiger partial charge on any atom is -0.370 e. The van der Waals surface area contributed by atoms with Crippen molar-refractivity contribution in [2.75, 3.05) is 6.54 Å². The molecule has 1 aromatic carbocycles. The van der Waals surface area contributed by atoms with E-state index in [1.165, 1.54) is 11.1 Å². The molecule has 0 aliphatic heterocycles. The van der Waals surface area contributed by atoms with Gasteiger partial charge in [-0.15, -0.1) is 0 Å². The first-order valence-corrected chi connectivity index (χ1v) is 5.17. The highest BCUT2D eigenvalue weighted by atomic mass is 15.0. The van der Waals surface area contributed by atoms with Crippen LogP contribution in [0.5, 0.6) is 0 Å². The van der Waals surface area contributed by atoms with E-state index in [1.807, 2.05) is 12.1 Å². The number of unbranched alkanes of at least 4 members (excludes halogenated alkanes) is 1. The molecule has 0 amide bonds. The zero-order chi connectivity index (χ0) is 11.1. The largest absolute Gasteiger partial charge is 0.370 e. The fourth-order valence-electron chi connectivity index (χ4n) is 1.40. The van der Waals surface area contributed by atoms with Crippen molar-refractivity contribution >= 4 is 5.96 Å². The van der Waals surface area contributed by atoms with Crippen LogP contribution in [0.1, 0.15) is 24.0 Å². The Balaban J connectivity index is 2.21. The summed E-state index contributed by atoms with van der Waals surface area (Å²) in [5, 5.41) is 9.77. The molecule has 1 radical (unpaired) electrons. The Morgan fingerprint density at radius 2 is 2.20 bits per heavy atom. The number of hydrogen-bond acceptors (Lipinski definition) is 1. The van der Waals surface area contributed by atoms with Gasteiger partial charge in [0.15, 0.2) is 5.96 Å². The van der Waals surface area contributed by atoms with Gasteiger partial charge in [-0.05, 0) is 37.3 Å². The lowest BCUT2D eigenvalue weighted by atomic mass is 10.0. The maximum Gasteiger partial charge on any atom is 0.185 e. The number of nitrogens with one attached hydrogen (secondary N) is 2. The van der Waals surface area contributed by atoms with Gasteiger partial charge in [0.2, 0.25) is 0 Å². The monoisotopic (exact) mass is 204 g/mol. The topological polar surface area (TPSA) is 61.9 Å². The van der Waals surface area contributed by atoms with Crippen molar-refractivity contribution in [3.05, 3.63) is 41.8 Å². The minimum atomic E-state index is 0.0471. The Morgan fingerprint density at radius 1 is 1.47 bits per heavy atom. The third kappa shape index (κ3) is 4.49. The highest BCUT2D eigenvalue weighted by Crippen LogP contribution is 2.12. The van der Waals surface area contributed by atoms with Crippen LogP contribution >= 0.6 is 0 Å². The lowest BCUT2D eigenvalue weighted by Crippen LogP contribution is -2.30. The molecule has 0 fully saturated rings. The van der Waals surface area contributed by atoms with Gasteiger partial charge in [0.05, 0.1) is 0 Å². The zero-order valence-electron chi connectivity index (χ0n) is 9.09. The molecule has 15 heavy (non-hydrogen) atoms. The molecule has 0 aliphatic carbocycles. The summed E-state index contributed by atoms with van der Waals surface area (Å²) in [4.78, 5) is 0. The Morgan fingerprint density at radius 3 is 2.87 bits per heavy atom. The van der Waals surface area contributed by atoms with Crippen molar-refractivity contribution in [2.24, 2.45) is 5.73 Å². The standard InChI is InChI=1S/C12H18N3/c1-10-6-2-3-7-11(10)8-4-5-9-15-12(13)14/h2-3,6-8H,4-5,9H2,1H3,(H4,13,14,15). The fraction of sp³-hybridized carbons (Fsp3) is 0.333. The number of guanidine groups is 1. The third-order valence-corrected chi connectivity index (χ3v) is 2.25. The smallest absolute Gasteiger partial charge is 0.185 e. The van der Waals surface area contributed by atoms with Crippen molar-refractivity contribution in [2.45, 2.75) is 19.8 Å². The van der Waals surface area contributed by atoms with Crippen molar-refractivity contribution in [3.8, 4) is 0 Å². The van der Waals surface area contributed by atoms with E-state index in [1.54, 1.807) is 0 Å². The second-order valence-corrected chi connectivity index (χ2v) is 3.54. The van der Waals surface area contributed by atoms with Crippen molar-refractivity contribution in [1.29, 1.82) is 5.41 Å². The molecular weight excluding hydrogens is 186 g/mol. The Kier molecular flexibility index (Phi) is 4.68. The van der Waals surface area contributed by atoms with Crippen LogP contribution < -0.4 is 11.1 Å². The second-order valence-electron chi connectivity index (χ2n) is 3.54. The van der Waals surface area contributed by atoms with Gasteiger partial charge in [0.25, 0.3) is 0 Å². The second kappa shape index (κ2) is 6.06. The summed E-state index contributed by atoms with van der Waals surface area (Å²) in [6.07, 6.45) is 4.22. The van der Waals surface area contributed by atoms with Crippen LogP contribution in [-0.4, -0.2) is 12.5 Å². The van der Waals surface area contributed by atoms with E-state index in [2.05, 4.69) is 30.8 Å². The number of aryl methyl sites for hydroxylation is 1. The van der Waals surface area contributed by atoms with Gasteiger partial charge in [0, 0.05) is 6.54 Å². The van der Waals surface area contributed by atoms with Crippen LogP contribution in [0.25, 0.3) is 0 Å². The summed E-state index contributed by atoms with van der Waals surface area (Å²) < 4.78 is 0. The van der Waals surface area contributed by atoms with Crippen molar-refractivity contribution in [3.63, 3.8) is 0 Å². The Bertz CT molecular complexity index is 320. The summed E-state index contributed by atoms with van der Waals surface area (Å²) >= 11 is 0. The molecule has 0 bridgehead atoms. The predicted octanol–water partition coefficient (Wildman–Crippen LogP) is 1.81. The summed E-state index contributed by atoms with van der Waals surface area (Å²) in [6, 6.07) is 8.32. The molecule has 0 unspecified atom stereocenters. The highest BCUT2D eigenvalue weighted by Gasteiger charge is 1.97. The Hall–Kier alpha value is -1.51. The van der Waals surface area contributed by atoms with Gasteiger partial charge in [-0.2, -0.15) is 0 Å². The summed E-state index contributed by atoms with van der Waals surface area (Å²) in [6.45, 7) is 2.87. The SMILES string of the molecule is Cc1ccccc1[CH]CCCNC(=N)N. The van der Waals surface area contributed by atoms with Gasteiger partial charge in [0.1, 0.15) is 0 Å². The van der Waals surface area contributed by atoms with Crippen molar-refractivity contribution < 1.29 is 0 Å². The van der Waals surface area contributed by atoms with Crippen LogP contribution in [0.4, 0.5) is 0 Å². The first kappa shape index (κ1) is 11.6. The molecule has 3 nitrogen and oxygen atoms in total. The summed E-state index contributed by atoms with van der Waals surface area (Å²) in [5.74, 6) is 0.0471. The lowest BCUT2D eigenvalue weighted by Gasteiger charge is -2.05. The molecule has 3 heteroatoms. The number of hydrogen-bond donors (Lipinski definition) is 3. The van der Waals surface area contributed by atoms with Crippen LogP contribution in [0.15, 0.2) is 24.3 Å². The average Bonchev–Trinajstić information content (AvgIpc) is 2.20. The van der Waals surface area contributed by atoms with E-state index < -0.39 is 0 Å². The molecule has 0 aromatic heterocycles. The number of benzene rings is 1.